The first-order valence-corrected chi connectivity index (χ1v) is 18.5. The molecule has 10 aromatic carbocycles. The molecule has 256 valence electrons. The molecule has 0 unspecified atom stereocenters. The molecule has 0 N–H and O–H groups in total. The summed E-state index contributed by atoms with van der Waals surface area (Å²) >= 11 is 0. The summed E-state index contributed by atoms with van der Waals surface area (Å²) in [5, 5.41) is 11.9. The van der Waals surface area contributed by atoms with Crippen molar-refractivity contribution in [3.05, 3.63) is 205 Å². The van der Waals surface area contributed by atoms with Crippen molar-refractivity contribution in [2.24, 2.45) is 0 Å². The van der Waals surface area contributed by atoms with Crippen LogP contribution in [0.2, 0.25) is 0 Å². The second-order valence-electron chi connectivity index (χ2n) is 13.9. The molecule has 0 fully saturated rings. The third-order valence-electron chi connectivity index (χ3n) is 10.8. The van der Waals surface area contributed by atoms with Gasteiger partial charge in [-0.2, -0.15) is 0 Å². The molecule has 10 aromatic rings. The molecule has 0 spiro atoms. The predicted molar refractivity (Wildman–Crippen MR) is 226 cm³/mol. The van der Waals surface area contributed by atoms with Crippen molar-refractivity contribution in [1.82, 2.24) is 0 Å². The van der Waals surface area contributed by atoms with E-state index in [0.717, 1.165) is 33.8 Å². The molecule has 0 amide bonds. The Bertz CT molecular complexity index is 2800. The minimum absolute atomic E-state index is 0.438. The fourth-order valence-electron chi connectivity index (χ4n) is 8.17. The van der Waals surface area contributed by atoms with E-state index in [-0.39, 0.29) is 0 Å². The van der Waals surface area contributed by atoms with Crippen LogP contribution in [0.15, 0.2) is 194 Å². The third-order valence-corrected chi connectivity index (χ3v) is 10.8. The highest BCUT2D eigenvalue weighted by Crippen LogP contribution is 2.43. The number of rotatable bonds is 8. The van der Waals surface area contributed by atoms with E-state index in [1.807, 2.05) is 0 Å². The van der Waals surface area contributed by atoms with Crippen molar-refractivity contribution in [3.8, 4) is 33.8 Å². The highest BCUT2D eigenvalue weighted by molar-refractivity contribution is 6.09. The quantitative estimate of drug-likeness (QED) is 0.158. The summed E-state index contributed by atoms with van der Waals surface area (Å²) in [7, 11) is 0. The molecule has 0 saturated heterocycles. The molecule has 0 radical (unpaired) electrons. The van der Waals surface area contributed by atoms with Gasteiger partial charge in [0, 0.05) is 11.1 Å². The van der Waals surface area contributed by atoms with Crippen LogP contribution in [-0.4, -0.2) is 0 Å². The summed E-state index contributed by atoms with van der Waals surface area (Å²) in [5.74, 6) is 1.75. The van der Waals surface area contributed by atoms with Crippen molar-refractivity contribution in [2.75, 3.05) is 0 Å². The van der Waals surface area contributed by atoms with Gasteiger partial charge < -0.3 is 9.47 Å². The SMILES string of the molecule is c1ccc2c(-c3c(OCc4ccc(COc5ccc6ccccc6c5-c5cccc6ccccc56)c5ccccc45)ccc4ccccc34)cccc2c1. The van der Waals surface area contributed by atoms with E-state index in [2.05, 4.69) is 194 Å². The normalized spacial score (nSPS) is 11.5. The molecule has 2 heteroatoms. The van der Waals surface area contributed by atoms with Crippen LogP contribution < -0.4 is 9.47 Å². The average Bonchev–Trinajstić information content (AvgIpc) is 3.24. The Balaban J connectivity index is 1.00. The van der Waals surface area contributed by atoms with Gasteiger partial charge in [0.15, 0.2) is 0 Å². The van der Waals surface area contributed by atoms with E-state index in [0.29, 0.717) is 13.2 Å². The predicted octanol–water partition coefficient (Wildman–Crippen LogP) is 13.9. The monoisotopic (exact) mass is 692 g/mol. The van der Waals surface area contributed by atoms with Gasteiger partial charge in [-0.25, -0.2) is 0 Å². The van der Waals surface area contributed by atoms with Gasteiger partial charge in [0.2, 0.25) is 0 Å². The highest BCUT2D eigenvalue weighted by atomic mass is 16.5. The van der Waals surface area contributed by atoms with Gasteiger partial charge in [-0.3, -0.25) is 0 Å². The maximum absolute atomic E-state index is 6.82. The first kappa shape index (κ1) is 31.8. The Labute approximate surface area is 314 Å². The van der Waals surface area contributed by atoms with Gasteiger partial charge in [-0.05, 0) is 88.2 Å². The Hall–Kier alpha value is -6.90. The number of hydrogen-bond acceptors (Lipinski definition) is 2. The van der Waals surface area contributed by atoms with E-state index in [4.69, 9.17) is 9.47 Å². The van der Waals surface area contributed by atoms with Crippen LogP contribution in [0.4, 0.5) is 0 Å². The molecule has 0 aliphatic rings. The van der Waals surface area contributed by atoms with E-state index < -0.39 is 0 Å². The van der Waals surface area contributed by atoms with Crippen LogP contribution in [0.25, 0.3) is 76.1 Å². The first-order valence-electron chi connectivity index (χ1n) is 18.5. The Morgan fingerprint density at radius 2 is 0.593 bits per heavy atom. The molecule has 0 aromatic heterocycles. The molecule has 0 heterocycles. The largest absolute Gasteiger partial charge is 0.488 e. The second kappa shape index (κ2) is 13.6. The van der Waals surface area contributed by atoms with E-state index in [1.54, 1.807) is 0 Å². The summed E-state index contributed by atoms with van der Waals surface area (Å²) in [6.45, 7) is 0.876. The van der Waals surface area contributed by atoms with Crippen molar-refractivity contribution >= 4 is 53.9 Å². The van der Waals surface area contributed by atoms with Crippen LogP contribution in [0.3, 0.4) is 0 Å². The molecule has 0 aliphatic carbocycles. The summed E-state index contributed by atoms with van der Waals surface area (Å²) in [6, 6.07) is 68.9. The smallest absolute Gasteiger partial charge is 0.128 e. The van der Waals surface area contributed by atoms with E-state index >= 15 is 0 Å². The lowest BCUT2D eigenvalue weighted by molar-refractivity contribution is 0.306. The van der Waals surface area contributed by atoms with Crippen molar-refractivity contribution in [1.29, 1.82) is 0 Å². The highest BCUT2D eigenvalue weighted by Gasteiger charge is 2.17. The van der Waals surface area contributed by atoms with Gasteiger partial charge in [-0.1, -0.05) is 182 Å². The van der Waals surface area contributed by atoms with E-state index in [9.17, 15) is 0 Å². The fourth-order valence-corrected chi connectivity index (χ4v) is 8.17. The molecule has 0 atom stereocenters. The van der Waals surface area contributed by atoms with Crippen LogP contribution in [0.1, 0.15) is 11.1 Å². The Kier molecular flexibility index (Phi) is 8.00. The van der Waals surface area contributed by atoms with Crippen LogP contribution in [-0.2, 0) is 13.2 Å². The Morgan fingerprint density at radius 3 is 1.02 bits per heavy atom. The lowest BCUT2D eigenvalue weighted by atomic mass is 9.93. The molecular formula is C52H36O2. The maximum Gasteiger partial charge on any atom is 0.128 e. The van der Waals surface area contributed by atoms with E-state index in [1.165, 1.54) is 65.0 Å². The van der Waals surface area contributed by atoms with Gasteiger partial charge in [0.1, 0.15) is 24.7 Å². The standard InChI is InChI=1S/C52H36O2/c1-5-19-41-35(13-1)17-11-25-47(41)51-45-23-7-3-15-37(45)29-31-49(51)53-33-39-27-28-40(44-22-10-9-21-43(39)44)34-54-50-32-30-38-16-4-8-24-46(38)52(50)48-26-12-18-36-14-2-6-20-42(36)48/h1-32H,33-34H2. The molecule has 2 nitrogen and oxygen atoms in total. The van der Waals surface area contributed by atoms with Crippen molar-refractivity contribution in [3.63, 3.8) is 0 Å². The lowest BCUT2D eigenvalue weighted by Crippen LogP contribution is -2.02. The van der Waals surface area contributed by atoms with Gasteiger partial charge in [-0.15, -0.1) is 0 Å². The zero-order chi connectivity index (χ0) is 35.8. The zero-order valence-electron chi connectivity index (χ0n) is 29.7. The molecule has 54 heavy (non-hydrogen) atoms. The van der Waals surface area contributed by atoms with Crippen molar-refractivity contribution in [2.45, 2.75) is 13.2 Å². The average molecular weight is 693 g/mol. The Morgan fingerprint density at radius 1 is 0.259 bits per heavy atom. The summed E-state index contributed by atoms with van der Waals surface area (Å²) in [5.41, 5.74) is 6.86. The summed E-state index contributed by atoms with van der Waals surface area (Å²) < 4.78 is 13.6. The van der Waals surface area contributed by atoms with Crippen LogP contribution in [0, 0.1) is 0 Å². The molecule has 10 rings (SSSR count). The fraction of sp³-hybridized carbons (Fsp3) is 0.0385. The topological polar surface area (TPSA) is 18.5 Å². The summed E-state index contributed by atoms with van der Waals surface area (Å²) in [6.07, 6.45) is 0. The minimum atomic E-state index is 0.438. The van der Waals surface area contributed by atoms with Crippen LogP contribution in [0.5, 0.6) is 11.5 Å². The molecule has 0 aliphatic heterocycles. The van der Waals surface area contributed by atoms with Crippen LogP contribution >= 0.6 is 0 Å². The lowest BCUT2D eigenvalue weighted by Gasteiger charge is -2.19. The maximum atomic E-state index is 6.82. The van der Waals surface area contributed by atoms with Gasteiger partial charge in [0.25, 0.3) is 0 Å². The number of benzene rings is 10. The number of fused-ring (bicyclic) bond motifs is 5. The summed E-state index contributed by atoms with van der Waals surface area (Å²) in [4.78, 5) is 0. The number of ether oxygens (including phenoxy) is 2. The third kappa shape index (κ3) is 5.60. The molecule has 0 saturated carbocycles. The van der Waals surface area contributed by atoms with Gasteiger partial charge >= 0.3 is 0 Å². The minimum Gasteiger partial charge on any atom is -0.488 e. The molecule has 0 bridgehead atoms. The second-order valence-corrected chi connectivity index (χ2v) is 13.9. The van der Waals surface area contributed by atoms with Gasteiger partial charge in [0.05, 0.1) is 0 Å². The number of hydrogen-bond donors (Lipinski definition) is 0. The molecular weight excluding hydrogens is 657 g/mol. The van der Waals surface area contributed by atoms with Crippen molar-refractivity contribution < 1.29 is 9.47 Å². The first-order chi connectivity index (χ1) is 26.8. The zero-order valence-corrected chi connectivity index (χ0v) is 29.7.